The van der Waals surface area contributed by atoms with Gasteiger partial charge in [0.05, 0.1) is 16.9 Å². The van der Waals surface area contributed by atoms with Crippen LogP contribution in [0.5, 0.6) is 0 Å². The lowest BCUT2D eigenvalue weighted by Crippen LogP contribution is -2.55. The van der Waals surface area contributed by atoms with Crippen molar-refractivity contribution < 1.29 is 32.3 Å². The van der Waals surface area contributed by atoms with Crippen LogP contribution < -0.4 is 10.2 Å². The first-order valence-corrected chi connectivity index (χ1v) is 15.7. The second-order valence-corrected chi connectivity index (χ2v) is 12.1. The number of likely N-dealkylation sites (N-methyl/N-ethyl adjacent to an activating group) is 3. The van der Waals surface area contributed by atoms with Crippen LogP contribution in [0.4, 0.5) is 23.4 Å². The minimum absolute atomic E-state index is 0.191. The lowest BCUT2D eigenvalue weighted by molar-refractivity contribution is -0.137. The van der Waals surface area contributed by atoms with Gasteiger partial charge in [0.1, 0.15) is 23.9 Å². The highest BCUT2D eigenvalue weighted by molar-refractivity contribution is 6.05. The van der Waals surface area contributed by atoms with Gasteiger partial charge in [-0.25, -0.2) is 9.07 Å². The number of carbonyl (C=O) groups is 2. The Labute approximate surface area is 282 Å². The molecule has 0 saturated carbocycles. The number of aliphatic hydroxyl groups is 1. The molecule has 13 heteroatoms. The minimum Gasteiger partial charge on any atom is -0.375 e. The average molecular weight is 679 g/mol. The van der Waals surface area contributed by atoms with Crippen molar-refractivity contribution in [3.05, 3.63) is 125 Å². The molecule has 1 aliphatic rings. The van der Waals surface area contributed by atoms with Crippen molar-refractivity contribution in [3.63, 3.8) is 0 Å². The van der Waals surface area contributed by atoms with Gasteiger partial charge in [-0.3, -0.25) is 24.3 Å². The van der Waals surface area contributed by atoms with Crippen molar-refractivity contribution in [2.45, 2.75) is 37.8 Å². The predicted octanol–water partition coefficient (Wildman–Crippen LogP) is 5.20. The lowest BCUT2D eigenvalue weighted by Gasteiger charge is -2.38. The summed E-state index contributed by atoms with van der Waals surface area (Å²) in [6, 6.07) is 17.5. The van der Waals surface area contributed by atoms with Crippen molar-refractivity contribution >= 4 is 17.6 Å². The number of hydrogen-bond donors (Lipinski definition) is 2. The van der Waals surface area contributed by atoms with Crippen LogP contribution in [0.25, 0.3) is 5.69 Å². The molecule has 2 N–H and O–H groups in total. The number of benzene rings is 3. The number of fused-ring (bicyclic) bond motifs is 1. The van der Waals surface area contributed by atoms with E-state index in [2.05, 4.69) is 5.32 Å². The van der Waals surface area contributed by atoms with Crippen molar-refractivity contribution in [2.75, 3.05) is 39.1 Å². The largest absolute Gasteiger partial charge is 0.416 e. The third-order valence-corrected chi connectivity index (χ3v) is 8.36. The number of aromatic nitrogens is 2. The zero-order chi connectivity index (χ0) is 35.5. The summed E-state index contributed by atoms with van der Waals surface area (Å²) in [5, 5.41) is 17.9. The summed E-state index contributed by atoms with van der Waals surface area (Å²) < 4.78 is 56.4. The lowest BCUT2D eigenvalue weighted by atomic mass is 9.80. The van der Waals surface area contributed by atoms with Crippen molar-refractivity contribution in [2.24, 2.45) is 0 Å². The van der Waals surface area contributed by atoms with Crippen LogP contribution in [0.15, 0.2) is 91.0 Å². The Morgan fingerprint density at radius 2 is 1.73 bits per heavy atom. The van der Waals surface area contributed by atoms with Crippen LogP contribution in [0, 0.1) is 5.82 Å². The summed E-state index contributed by atoms with van der Waals surface area (Å²) in [4.78, 5) is 33.1. The molecule has 258 valence electrons. The van der Waals surface area contributed by atoms with E-state index in [1.165, 1.54) is 35.2 Å². The highest BCUT2D eigenvalue weighted by atomic mass is 19.4. The SMILES string of the molecule is CCN1C(=O)[C@@H](NC(=O)c2cccc(C(F)(F)F)c2)[C@@H](c2ccc(F)cc2)c2c(CN(C)C/C=C/C(O)N(C)C)nn(-c3ccccc3)c21. The van der Waals surface area contributed by atoms with Gasteiger partial charge < -0.3 is 10.4 Å². The maximum atomic E-state index is 14.4. The van der Waals surface area contributed by atoms with E-state index in [0.29, 0.717) is 34.9 Å². The minimum atomic E-state index is -4.67. The Morgan fingerprint density at radius 3 is 2.37 bits per heavy atom. The third-order valence-electron chi connectivity index (χ3n) is 8.36. The van der Waals surface area contributed by atoms with Crippen LogP contribution in [0.1, 0.15) is 45.6 Å². The number of para-hydroxylation sites is 1. The fraction of sp³-hybridized carbons (Fsp3) is 0.306. The Bertz CT molecular complexity index is 1810. The summed E-state index contributed by atoms with van der Waals surface area (Å²) in [6.45, 7) is 2.69. The fourth-order valence-electron chi connectivity index (χ4n) is 5.89. The third kappa shape index (κ3) is 7.74. The molecule has 0 radical (unpaired) electrons. The Hall–Kier alpha value is -4.85. The molecular weight excluding hydrogens is 640 g/mol. The molecule has 49 heavy (non-hydrogen) atoms. The maximum absolute atomic E-state index is 14.4. The molecule has 1 aromatic heterocycles. The van der Waals surface area contributed by atoms with Crippen LogP contribution >= 0.6 is 0 Å². The number of amides is 2. The zero-order valence-electron chi connectivity index (χ0n) is 27.5. The average Bonchev–Trinajstić information content (AvgIpc) is 3.43. The second-order valence-electron chi connectivity index (χ2n) is 12.1. The highest BCUT2D eigenvalue weighted by Gasteiger charge is 2.46. The molecule has 1 aliphatic heterocycles. The first-order chi connectivity index (χ1) is 23.3. The monoisotopic (exact) mass is 678 g/mol. The van der Waals surface area contributed by atoms with Crippen molar-refractivity contribution in [1.29, 1.82) is 0 Å². The van der Waals surface area contributed by atoms with E-state index in [9.17, 15) is 32.3 Å². The molecule has 5 rings (SSSR count). The van der Waals surface area contributed by atoms with E-state index < -0.39 is 47.6 Å². The Morgan fingerprint density at radius 1 is 1.04 bits per heavy atom. The standard InChI is InChI=1S/C36H38F4N6O3/c1-5-45-34-31(28(42-46(34)27-13-7-6-8-14-27)22-44(4)20-10-15-29(47)43(2)3)30(23-16-18-26(37)19-17-23)32(35(45)49)41-33(48)24-11-9-12-25(21-24)36(38,39)40/h6-19,21,29-30,32,47H,5,20,22H2,1-4H3,(H,41,48)/b15-10+/t29?,30-,32-/m0/s1. The summed E-state index contributed by atoms with van der Waals surface area (Å²) in [5.74, 6) is -2.28. The van der Waals surface area contributed by atoms with Gasteiger partial charge in [0.15, 0.2) is 0 Å². The number of hydrogen-bond acceptors (Lipinski definition) is 6. The number of carbonyl (C=O) groups excluding carboxylic acids is 2. The van der Waals surface area contributed by atoms with Crippen molar-refractivity contribution in [3.8, 4) is 5.69 Å². The Kier molecular flexibility index (Phi) is 10.7. The van der Waals surface area contributed by atoms with Gasteiger partial charge in [-0.05, 0) is 82.2 Å². The number of nitrogens with one attached hydrogen (secondary N) is 1. The molecule has 2 amide bonds. The predicted molar refractivity (Wildman–Crippen MR) is 178 cm³/mol. The smallest absolute Gasteiger partial charge is 0.375 e. The van der Waals surface area contributed by atoms with Gasteiger partial charge >= 0.3 is 6.18 Å². The van der Waals surface area contributed by atoms with Gasteiger partial charge in [0.2, 0.25) is 0 Å². The summed E-state index contributed by atoms with van der Waals surface area (Å²) in [6.07, 6.45) is -1.96. The molecule has 0 bridgehead atoms. The molecule has 0 saturated heterocycles. The van der Waals surface area contributed by atoms with Gasteiger partial charge in [0.25, 0.3) is 11.8 Å². The fourth-order valence-corrected chi connectivity index (χ4v) is 5.89. The molecule has 1 unspecified atom stereocenters. The second kappa shape index (κ2) is 14.7. The molecule has 0 aliphatic carbocycles. The maximum Gasteiger partial charge on any atom is 0.416 e. The summed E-state index contributed by atoms with van der Waals surface area (Å²) >= 11 is 0. The van der Waals surface area contributed by atoms with Crippen molar-refractivity contribution in [1.82, 2.24) is 24.9 Å². The number of aliphatic hydroxyl groups excluding tert-OH is 1. The van der Waals surface area contributed by atoms with Crippen LogP contribution in [0.2, 0.25) is 0 Å². The van der Waals surface area contributed by atoms with Crippen LogP contribution in [0.3, 0.4) is 0 Å². The first kappa shape index (κ1) is 35.5. The van der Waals surface area contributed by atoms with Gasteiger partial charge in [-0.1, -0.05) is 42.5 Å². The van der Waals surface area contributed by atoms with Gasteiger partial charge in [0, 0.05) is 36.7 Å². The summed E-state index contributed by atoms with van der Waals surface area (Å²) in [5.41, 5.74) is 1.10. The van der Waals surface area contributed by atoms with Gasteiger partial charge in [-0.15, -0.1) is 0 Å². The Balaban J connectivity index is 1.65. The number of anilines is 1. The van der Waals surface area contributed by atoms with Gasteiger partial charge in [-0.2, -0.15) is 18.3 Å². The molecule has 3 aromatic carbocycles. The molecule has 0 spiro atoms. The zero-order valence-corrected chi connectivity index (χ0v) is 27.5. The van der Waals surface area contributed by atoms with E-state index in [4.69, 9.17) is 5.10 Å². The summed E-state index contributed by atoms with van der Waals surface area (Å²) in [7, 11) is 5.37. The normalized spacial score (nSPS) is 17.2. The van der Waals surface area contributed by atoms with E-state index in [0.717, 1.165) is 18.2 Å². The number of rotatable bonds is 11. The molecule has 9 nitrogen and oxygen atoms in total. The topological polar surface area (TPSA) is 93.9 Å². The number of halogens is 4. The molecular formula is C36H38F4N6O3. The quantitative estimate of drug-likeness (QED) is 0.129. The first-order valence-electron chi connectivity index (χ1n) is 15.7. The molecule has 4 aromatic rings. The number of alkyl halides is 3. The van der Waals surface area contributed by atoms with E-state index in [-0.39, 0.29) is 18.7 Å². The van der Waals surface area contributed by atoms with Crippen LogP contribution in [-0.4, -0.2) is 83.0 Å². The van der Waals surface area contributed by atoms with E-state index in [1.807, 2.05) is 48.4 Å². The molecule has 2 heterocycles. The van der Waals surface area contributed by atoms with E-state index >= 15 is 0 Å². The van der Waals surface area contributed by atoms with Crippen LogP contribution in [-0.2, 0) is 17.5 Å². The van der Waals surface area contributed by atoms with E-state index in [1.54, 1.807) is 36.7 Å². The molecule has 0 fully saturated rings. The number of nitrogens with zero attached hydrogens (tertiary/aromatic N) is 5. The molecule has 3 atom stereocenters. The highest BCUT2D eigenvalue weighted by Crippen LogP contribution is 2.44.